The van der Waals surface area contributed by atoms with Crippen LogP contribution >= 0.6 is 0 Å². The number of carbonyl (C=O) groups is 1. The number of likely N-dealkylation sites (N-methyl/N-ethyl adjacent to an activating group) is 1. The number of nitro groups is 1. The minimum atomic E-state index is -1.38. The SMILES string of the molecule is CN[C@@H](C(=O)OC)[C@H](O)c1ccc([N+](=O)[O-])c(F)c1. The van der Waals surface area contributed by atoms with Gasteiger partial charge in [0.2, 0.25) is 5.82 Å². The number of methoxy groups -OCH3 is 1. The molecule has 0 aliphatic rings. The Bertz CT molecular complexity index is 494. The van der Waals surface area contributed by atoms with Gasteiger partial charge in [-0.15, -0.1) is 0 Å². The van der Waals surface area contributed by atoms with Gasteiger partial charge in [0.1, 0.15) is 12.1 Å². The average molecular weight is 272 g/mol. The molecule has 0 aliphatic heterocycles. The van der Waals surface area contributed by atoms with E-state index in [2.05, 4.69) is 10.1 Å². The standard InChI is InChI=1S/C11H13FN2O5/c1-13-9(11(16)19-2)10(15)6-3-4-8(14(17)18)7(12)5-6/h3-5,9-10,13,15H,1-2H3/t9-,10-/m1/s1. The van der Waals surface area contributed by atoms with Crippen LogP contribution in [0, 0.1) is 15.9 Å². The van der Waals surface area contributed by atoms with E-state index < -0.39 is 34.5 Å². The summed E-state index contributed by atoms with van der Waals surface area (Å²) < 4.78 is 17.9. The predicted molar refractivity (Wildman–Crippen MR) is 62.9 cm³/mol. The van der Waals surface area contributed by atoms with E-state index in [1.54, 1.807) is 0 Å². The minimum Gasteiger partial charge on any atom is -0.468 e. The number of hydrogen-bond acceptors (Lipinski definition) is 6. The second-order valence-electron chi connectivity index (χ2n) is 3.70. The number of nitrogens with zero attached hydrogens (tertiary/aromatic N) is 1. The molecule has 1 rings (SSSR count). The number of halogens is 1. The highest BCUT2D eigenvalue weighted by atomic mass is 19.1. The lowest BCUT2D eigenvalue weighted by atomic mass is 10.0. The number of nitro benzene ring substituents is 1. The normalized spacial score (nSPS) is 13.7. The second-order valence-corrected chi connectivity index (χ2v) is 3.70. The summed E-state index contributed by atoms with van der Waals surface area (Å²) in [5.41, 5.74) is -0.664. The molecule has 0 spiro atoms. The molecule has 0 radical (unpaired) electrons. The first-order chi connectivity index (χ1) is 8.92. The zero-order valence-electron chi connectivity index (χ0n) is 10.3. The monoisotopic (exact) mass is 272 g/mol. The van der Waals surface area contributed by atoms with Gasteiger partial charge in [0.25, 0.3) is 0 Å². The Morgan fingerprint density at radius 1 is 1.58 bits per heavy atom. The number of rotatable bonds is 5. The number of benzene rings is 1. The van der Waals surface area contributed by atoms with E-state index in [9.17, 15) is 24.4 Å². The number of aliphatic hydroxyl groups is 1. The molecule has 0 fully saturated rings. The first kappa shape index (κ1) is 15.0. The molecule has 1 aromatic rings. The zero-order valence-corrected chi connectivity index (χ0v) is 10.3. The molecule has 0 amide bonds. The summed E-state index contributed by atoms with van der Waals surface area (Å²) in [6, 6.07) is 1.83. The molecule has 0 bridgehead atoms. The highest BCUT2D eigenvalue weighted by molar-refractivity contribution is 5.76. The van der Waals surface area contributed by atoms with Gasteiger partial charge in [-0.25, -0.2) is 0 Å². The maximum Gasteiger partial charge on any atom is 0.325 e. The second kappa shape index (κ2) is 6.21. The van der Waals surface area contributed by atoms with Crippen molar-refractivity contribution in [2.45, 2.75) is 12.1 Å². The Morgan fingerprint density at radius 3 is 2.63 bits per heavy atom. The van der Waals surface area contributed by atoms with Crippen LogP contribution in [-0.2, 0) is 9.53 Å². The Labute approximate surface area is 108 Å². The van der Waals surface area contributed by atoms with Gasteiger partial charge in [-0.1, -0.05) is 0 Å². The maximum atomic E-state index is 13.4. The van der Waals surface area contributed by atoms with Crippen LogP contribution in [-0.4, -0.2) is 36.2 Å². The molecule has 0 aromatic heterocycles. The van der Waals surface area contributed by atoms with Crippen LogP contribution in [0.2, 0.25) is 0 Å². The van der Waals surface area contributed by atoms with Crippen molar-refractivity contribution in [2.75, 3.05) is 14.2 Å². The maximum absolute atomic E-state index is 13.4. The van der Waals surface area contributed by atoms with Crippen molar-refractivity contribution >= 4 is 11.7 Å². The summed E-state index contributed by atoms with van der Waals surface area (Å²) in [7, 11) is 2.57. The van der Waals surface area contributed by atoms with E-state index in [0.717, 1.165) is 19.2 Å². The fourth-order valence-corrected chi connectivity index (χ4v) is 1.58. The molecule has 104 valence electrons. The highest BCUT2D eigenvalue weighted by Crippen LogP contribution is 2.24. The first-order valence-corrected chi connectivity index (χ1v) is 5.29. The number of ether oxygens (including phenoxy) is 1. The van der Waals surface area contributed by atoms with Crippen molar-refractivity contribution in [2.24, 2.45) is 0 Å². The molecule has 8 heteroatoms. The topological polar surface area (TPSA) is 102 Å². The number of esters is 1. The fraction of sp³-hybridized carbons (Fsp3) is 0.364. The summed E-state index contributed by atoms with van der Waals surface area (Å²) in [4.78, 5) is 21.0. The molecule has 0 unspecified atom stereocenters. The lowest BCUT2D eigenvalue weighted by Crippen LogP contribution is -2.40. The smallest absolute Gasteiger partial charge is 0.325 e. The van der Waals surface area contributed by atoms with Crippen LogP contribution in [0.3, 0.4) is 0 Å². The van der Waals surface area contributed by atoms with Crippen LogP contribution in [0.4, 0.5) is 10.1 Å². The van der Waals surface area contributed by atoms with Crippen molar-refractivity contribution in [3.8, 4) is 0 Å². The largest absolute Gasteiger partial charge is 0.468 e. The molecule has 0 saturated carbocycles. The molecule has 2 atom stereocenters. The zero-order chi connectivity index (χ0) is 14.6. The minimum absolute atomic E-state index is 0.0350. The van der Waals surface area contributed by atoms with Gasteiger partial charge < -0.3 is 15.2 Å². The summed E-state index contributed by atoms with van der Waals surface area (Å²) in [6.07, 6.45) is -1.38. The van der Waals surface area contributed by atoms with Crippen LogP contribution in [0.1, 0.15) is 11.7 Å². The molecule has 2 N–H and O–H groups in total. The fourth-order valence-electron chi connectivity index (χ4n) is 1.58. The Hall–Kier alpha value is -2.06. The van der Waals surface area contributed by atoms with E-state index in [-0.39, 0.29) is 5.56 Å². The van der Waals surface area contributed by atoms with Gasteiger partial charge >= 0.3 is 11.7 Å². The predicted octanol–water partition coefficient (Wildman–Crippen LogP) is 0.528. The third-order valence-electron chi connectivity index (χ3n) is 2.59. The van der Waals surface area contributed by atoms with Crippen LogP contribution in [0.25, 0.3) is 0 Å². The Kier molecular flexibility index (Phi) is 4.90. The molecule has 0 heterocycles. The third-order valence-corrected chi connectivity index (χ3v) is 2.59. The van der Waals surface area contributed by atoms with Crippen molar-refractivity contribution in [3.63, 3.8) is 0 Å². The molecule has 7 nitrogen and oxygen atoms in total. The lowest BCUT2D eigenvalue weighted by molar-refractivity contribution is -0.387. The van der Waals surface area contributed by atoms with Crippen LogP contribution in [0.15, 0.2) is 18.2 Å². The molecule has 0 aliphatic carbocycles. The van der Waals surface area contributed by atoms with Gasteiger partial charge in [0.05, 0.1) is 12.0 Å². The number of nitrogens with one attached hydrogen (secondary N) is 1. The van der Waals surface area contributed by atoms with Crippen molar-refractivity contribution in [3.05, 3.63) is 39.7 Å². The lowest BCUT2D eigenvalue weighted by Gasteiger charge is -2.20. The number of hydrogen-bond donors (Lipinski definition) is 2. The first-order valence-electron chi connectivity index (χ1n) is 5.29. The van der Waals surface area contributed by atoms with E-state index in [0.29, 0.717) is 0 Å². The van der Waals surface area contributed by atoms with Crippen molar-refractivity contribution < 1.29 is 24.0 Å². The van der Waals surface area contributed by atoms with Gasteiger partial charge in [-0.2, -0.15) is 4.39 Å². The van der Waals surface area contributed by atoms with Gasteiger partial charge in [-0.05, 0) is 24.7 Å². The summed E-state index contributed by atoms with van der Waals surface area (Å²) in [5, 5.41) is 22.9. The van der Waals surface area contributed by atoms with Crippen LogP contribution in [0.5, 0.6) is 0 Å². The van der Waals surface area contributed by atoms with Gasteiger partial charge in [0, 0.05) is 6.07 Å². The summed E-state index contributed by atoms with van der Waals surface area (Å²) in [6.45, 7) is 0. The Balaban J connectivity index is 3.06. The summed E-state index contributed by atoms with van der Waals surface area (Å²) in [5.74, 6) is -1.81. The van der Waals surface area contributed by atoms with E-state index in [1.165, 1.54) is 13.1 Å². The molecule has 0 saturated heterocycles. The molecular formula is C11H13FN2O5. The molecular weight excluding hydrogens is 259 g/mol. The quantitative estimate of drug-likeness (QED) is 0.460. The Morgan fingerprint density at radius 2 is 2.21 bits per heavy atom. The van der Waals surface area contributed by atoms with Gasteiger partial charge in [0.15, 0.2) is 0 Å². The van der Waals surface area contributed by atoms with E-state index in [1.807, 2.05) is 0 Å². The summed E-state index contributed by atoms with van der Waals surface area (Å²) >= 11 is 0. The van der Waals surface area contributed by atoms with Gasteiger partial charge in [-0.3, -0.25) is 14.9 Å². The van der Waals surface area contributed by atoms with E-state index in [4.69, 9.17) is 0 Å². The number of aliphatic hydroxyl groups excluding tert-OH is 1. The van der Waals surface area contributed by atoms with E-state index >= 15 is 0 Å². The van der Waals surface area contributed by atoms with Crippen molar-refractivity contribution in [1.82, 2.24) is 5.32 Å². The third kappa shape index (κ3) is 3.24. The van der Waals surface area contributed by atoms with Crippen molar-refractivity contribution in [1.29, 1.82) is 0 Å². The average Bonchev–Trinajstić information content (AvgIpc) is 2.38. The number of carbonyl (C=O) groups excluding carboxylic acids is 1. The highest BCUT2D eigenvalue weighted by Gasteiger charge is 2.28. The molecule has 19 heavy (non-hydrogen) atoms. The van der Waals surface area contributed by atoms with Crippen LogP contribution < -0.4 is 5.32 Å². The molecule has 1 aromatic carbocycles.